The fraction of sp³-hybridized carbons (Fsp3) is 0.160. The lowest BCUT2D eigenvalue weighted by atomic mass is 10.0. The zero-order chi connectivity index (χ0) is 22.9. The summed E-state index contributed by atoms with van der Waals surface area (Å²) in [6, 6.07) is 18.5. The van der Waals surface area contributed by atoms with Crippen LogP contribution in [-0.2, 0) is 0 Å². The van der Waals surface area contributed by atoms with Crippen molar-refractivity contribution in [1.29, 1.82) is 0 Å². The highest BCUT2D eigenvalue weighted by molar-refractivity contribution is 5.85. The van der Waals surface area contributed by atoms with Gasteiger partial charge in [-0.05, 0) is 72.7 Å². The predicted octanol–water partition coefficient (Wildman–Crippen LogP) is 6.23. The molecule has 5 nitrogen and oxygen atoms in total. The van der Waals surface area contributed by atoms with Crippen LogP contribution in [0.5, 0.6) is 11.5 Å². The summed E-state index contributed by atoms with van der Waals surface area (Å²) in [6.07, 6.45) is 1.99. The number of benzene rings is 3. The van der Waals surface area contributed by atoms with E-state index in [9.17, 15) is 13.2 Å². The van der Waals surface area contributed by atoms with E-state index < -0.39 is 6.61 Å². The number of aromatic nitrogens is 2. The topological polar surface area (TPSA) is 48.3 Å². The van der Waals surface area contributed by atoms with Crippen LogP contribution in [0.3, 0.4) is 0 Å². The zero-order valence-electron chi connectivity index (χ0n) is 17.6. The number of halogens is 3. The molecule has 3 aromatic carbocycles. The van der Waals surface area contributed by atoms with E-state index in [0.29, 0.717) is 12.6 Å². The van der Waals surface area contributed by atoms with Crippen molar-refractivity contribution < 1.29 is 22.6 Å². The number of nitrogens with zero attached hydrogens (tertiary/aromatic N) is 2. The number of imidazole rings is 1. The lowest BCUT2D eigenvalue weighted by Gasteiger charge is -2.27. The van der Waals surface area contributed by atoms with Gasteiger partial charge in [0, 0.05) is 5.70 Å². The molecular formula is C25H20F3N3O2. The minimum absolute atomic E-state index is 0.0250. The van der Waals surface area contributed by atoms with Crippen molar-refractivity contribution in [1.82, 2.24) is 9.55 Å². The number of hydrogen-bond donors (Lipinski definition) is 1. The Bertz CT molecular complexity index is 1330. The summed E-state index contributed by atoms with van der Waals surface area (Å²) in [6.45, 7) is -0.883. The Morgan fingerprint density at radius 1 is 1.03 bits per heavy atom. The molecule has 0 amide bonds. The van der Waals surface area contributed by atoms with E-state index in [-0.39, 0.29) is 23.4 Å². The molecule has 0 saturated heterocycles. The van der Waals surface area contributed by atoms with Crippen LogP contribution in [0.25, 0.3) is 16.7 Å². The van der Waals surface area contributed by atoms with Crippen LogP contribution in [0.4, 0.5) is 19.1 Å². The first-order valence-electron chi connectivity index (χ1n) is 10.5. The lowest BCUT2D eigenvalue weighted by Crippen LogP contribution is -2.19. The van der Waals surface area contributed by atoms with E-state index in [4.69, 9.17) is 9.72 Å². The fourth-order valence-corrected chi connectivity index (χ4v) is 4.02. The highest BCUT2D eigenvalue weighted by Crippen LogP contribution is 2.40. The van der Waals surface area contributed by atoms with Gasteiger partial charge >= 0.3 is 6.61 Å². The van der Waals surface area contributed by atoms with Crippen LogP contribution in [0, 0.1) is 5.82 Å². The Morgan fingerprint density at radius 3 is 2.58 bits per heavy atom. The van der Waals surface area contributed by atoms with Gasteiger partial charge in [0.25, 0.3) is 0 Å². The predicted molar refractivity (Wildman–Crippen MR) is 120 cm³/mol. The van der Waals surface area contributed by atoms with Gasteiger partial charge in [0.15, 0.2) is 11.5 Å². The van der Waals surface area contributed by atoms with E-state index in [0.717, 1.165) is 27.9 Å². The van der Waals surface area contributed by atoms with Gasteiger partial charge in [0.1, 0.15) is 5.82 Å². The first-order chi connectivity index (χ1) is 16.0. The molecular weight excluding hydrogens is 431 g/mol. The summed E-state index contributed by atoms with van der Waals surface area (Å²) in [5.74, 6) is 0.503. The number of nitrogens with one attached hydrogen (secondary N) is 1. The van der Waals surface area contributed by atoms with Gasteiger partial charge in [-0.2, -0.15) is 8.78 Å². The van der Waals surface area contributed by atoms with Crippen LogP contribution in [-0.4, -0.2) is 22.8 Å². The minimum Gasteiger partial charge on any atom is -0.490 e. The molecule has 0 fully saturated rings. The molecule has 5 rings (SSSR count). The molecule has 8 heteroatoms. The van der Waals surface area contributed by atoms with Crippen molar-refractivity contribution >= 4 is 22.7 Å². The standard InChI is InChI=1S/C25H20F3N3O2/c1-2-32-23-13-16(9-12-22(23)33-24(27)28)21-14-19(15-7-10-17(26)11-8-15)30-25-29-18-5-3-4-6-20(18)31(21)25/h3-14,21,24H,2H2,1H3,(H,29,30)/t21-/m1/s1. The van der Waals surface area contributed by atoms with Crippen LogP contribution in [0.15, 0.2) is 72.8 Å². The largest absolute Gasteiger partial charge is 0.490 e. The number of alkyl halides is 2. The Morgan fingerprint density at radius 2 is 1.82 bits per heavy atom. The van der Waals surface area contributed by atoms with E-state index in [1.165, 1.54) is 18.2 Å². The molecule has 2 heterocycles. The number of hydrogen-bond acceptors (Lipinski definition) is 4. The van der Waals surface area contributed by atoms with Gasteiger partial charge in [0.2, 0.25) is 5.95 Å². The molecule has 0 bridgehead atoms. The third kappa shape index (κ3) is 4.00. The fourth-order valence-electron chi connectivity index (χ4n) is 4.02. The molecule has 0 aliphatic carbocycles. The Balaban J connectivity index is 1.66. The summed E-state index contributed by atoms with van der Waals surface area (Å²) < 4.78 is 51.4. The maximum atomic E-state index is 13.5. The van der Waals surface area contributed by atoms with Crippen LogP contribution >= 0.6 is 0 Å². The quantitative estimate of drug-likeness (QED) is 0.378. The third-order valence-electron chi connectivity index (χ3n) is 5.43. The summed E-state index contributed by atoms with van der Waals surface area (Å²) >= 11 is 0. The molecule has 33 heavy (non-hydrogen) atoms. The zero-order valence-corrected chi connectivity index (χ0v) is 17.6. The molecule has 4 aromatic rings. The van der Waals surface area contributed by atoms with Crippen LogP contribution < -0.4 is 14.8 Å². The van der Waals surface area contributed by atoms with Gasteiger partial charge in [-0.3, -0.25) is 4.57 Å². The average molecular weight is 451 g/mol. The maximum absolute atomic E-state index is 13.5. The van der Waals surface area contributed by atoms with Gasteiger partial charge in [0.05, 0.1) is 23.7 Å². The van der Waals surface area contributed by atoms with Gasteiger partial charge in [-0.15, -0.1) is 0 Å². The summed E-state index contributed by atoms with van der Waals surface area (Å²) in [5, 5.41) is 3.33. The van der Waals surface area contributed by atoms with Gasteiger partial charge in [-0.25, -0.2) is 9.37 Å². The van der Waals surface area contributed by atoms with Crippen molar-refractivity contribution in [2.45, 2.75) is 19.6 Å². The second-order valence-corrected chi connectivity index (χ2v) is 7.47. The smallest absolute Gasteiger partial charge is 0.387 e. The summed E-state index contributed by atoms with van der Waals surface area (Å²) in [5.41, 5.74) is 4.06. The Kier molecular flexibility index (Phi) is 5.42. The molecule has 0 unspecified atom stereocenters. The van der Waals surface area contributed by atoms with E-state index in [1.54, 1.807) is 31.2 Å². The van der Waals surface area contributed by atoms with Crippen molar-refractivity contribution in [3.8, 4) is 11.5 Å². The number of ether oxygens (including phenoxy) is 2. The molecule has 1 aliphatic rings. The molecule has 1 aromatic heterocycles. The molecule has 0 radical (unpaired) electrons. The van der Waals surface area contributed by atoms with E-state index in [1.807, 2.05) is 34.9 Å². The van der Waals surface area contributed by atoms with Crippen molar-refractivity contribution in [3.63, 3.8) is 0 Å². The number of para-hydroxylation sites is 2. The highest BCUT2D eigenvalue weighted by Gasteiger charge is 2.26. The molecule has 0 saturated carbocycles. The third-order valence-corrected chi connectivity index (χ3v) is 5.43. The summed E-state index contributed by atoms with van der Waals surface area (Å²) in [4.78, 5) is 4.72. The first kappa shape index (κ1) is 20.9. The lowest BCUT2D eigenvalue weighted by molar-refractivity contribution is -0.0514. The van der Waals surface area contributed by atoms with Crippen LogP contribution in [0.1, 0.15) is 24.1 Å². The van der Waals surface area contributed by atoms with Crippen molar-refractivity contribution in [3.05, 3.63) is 89.8 Å². The second kappa shape index (κ2) is 8.54. The molecule has 1 aliphatic heterocycles. The van der Waals surface area contributed by atoms with Crippen LogP contribution in [0.2, 0.25) is 0 Å². The number of rotatable bonds is 6. The van der Waals surface area contributed by atoms with Gasteiger partial charge < -0.3 is 14.8 Å². The van der Waals surface area contributed by atoms with Crippen molar-refractivity contribution in [2.75, 3.05) is 11.9 Å². The van der Waals surface area contributed by atoms with E-state index >= 15 is 0 Å². The normalized spacial score (nSPS) is 15.2. The monoisotopic (exact) mass is 451 g/mol. The molecule has 1 N–H and O–H groups in total. The van der Waals surface area contributed by atoms with Gasteiger partial charge in [-0.1, -0.05) is 18.2 Å². The number of fused-ring (bicyclic) bond motifs is 3. The van der Waals surface area contributed by atoms with E-state index in [2.05, 4.69) is 10.1 Å². The minimum atomic E-state index is -2.96. The average Bonchev–Trinajstić information content (AvgIpc) is 3.18. The molecule has 168 valence electrons. The second-order valence-electron chi connectivity index (χ2n) is 7.47. The summed E-state index contributed by atoms with van der Waals surface area (Å²) in [7, 11) is 0. The Labute approximate surface area is 188 Å². The maximum Gasteiger partial charge on any atom is 0.387 e. The van der Waals surface area contributed by atoms with Crippen molar-refractivity contribution in [2.24, 2.45) is 0 Å². The Hall–Kier alpha value is -3.94. The SMILES string of the molecule is CCOc1cc([C@H]2C=C(c3ccc(F)cc3)Nc3nc4ccccc4n32)ccc1OC(F)F. The number of anilines is 1. The number of allylic oxidation sites excluding steroid dienone is 1. The molecule has 0 spiro atoms. The molecule has 1 atom stereocenters. The first-order valence-corrected chi connectivity index (χ1v) is 10.5. The highest BCUT2D eigenvalue weighted by atomic mass is 19.3.